The van der Waals surface area contributed by atoms with E-state index in [1.807, 2.05) is 92.7 Å². The first-order valence-electron chi connectivity index (χ1n) is 46.2. The molecule has 0 radical (unpaired) electrons. The van der Waals surface area contributed by atoms with Crippen molar-refractivity contribution >= 4 is 137 Å². The van der Waals surface area contributed by atoms with E-state index in [2.05, 4.69) is 171 Å². The molecule has 10 aromatic rings. The first-order chi connectivity index (χ1) is 60.0. The monoisotopic (exact) mass is 1910 g/mol. The van der Waals surface area contributed by atoms with Gasteiger partial charge in [0.2, 0.25) is 0 Å². The van der Waals surface area contributed by atoms with Crippen molar-refractivity contribution in [1.82, 2.24) is 84.6 Å². The number of rotatable bonds is 14. The summed E-state index contributed by atoms with van der Waals surface area (Å²) in [5.74, 6) is 4.59. The zero-order valence-corrected chi connectivity index (χ0v) is 81.9. The van der Waals surface area contributed by atoms with Crippen LogP contribution in [0.25, 0.3) is 55.4 Å². The fourth-order valence-electron chi connectivity index (χ4n) is 18.6. The molecule has 2 amide bonds. The number of nitrogens with one attached hydrogen (secondary N) is 5. The van der Waals surface area contributed by atoms with Crippen LogP contribution in [0, 0.1) is 23.7 Å². The van der Waals surface area contributed by atoms with Crippen LogP contribution in [0.2, 0.25) is 15.1 Å². The molecule has 4 aliphatic carbocycles. The summed E-state index contributed by atoms with van der Waals surface area (Å²) in [4.78, 5) is 52.0. The predicted octanol–water partition coefficient (Wildman–Crippen LogP) is 21.9. The summed E-state index contributed by atoms with van der Waals surface area (Å²) < 4.78 is 41.8. The summed E-state index contributed by atoms with van der Waals surface area (Å²) in [5, 5.41) is 30.1. The molecule has 15 heterocycles. The number of ether oxygens (including phenoxy) is 2. The minimum atomic E-state index is -0.475. The Balaban J connectivity index is 0.000000128. The molecule has 4 saturated carbocycles. The molecule has 10 aromatic heterocycles. The molecule has 0 atom stereocenters. The molecule has 0 spiro atoms. The summed E-state index contributed by atoms with van der Waals surface area (Å²) >= 11 is 26.3. The molecule has 0 bridgehead atoms. The van der Waals surface area contributed by atoms with E-state index in [1.165, 1.54) is 114 Å². The van der Waals surface area contributed by atoms with Crippen molar-refractivity contribution in [2.75, 3.05) is 44.6 Å². The third-order valence-electron chi connectivity index (χ3n) is 27.3. The Hall–Kier alpha value is -6.79. The van der Waals surface area contributed by atoms with Crippen molar-refractivity contribution in [2.24, 2.45) is 23.7 Å². The van der Waals surface area contributed by atoms with Crippen molar-refractivity contribution in [3.63, 3.8) is 0 Å². The van der Waals surface area contributed by atoms with Crippen molar-refractivity contribution in [3.8, 4) is 22.3 Å². The van der Waals surface area contributed by atoms with Crippen LogP contribution in [0.4, 0.5) is 9.59 Å². The van der Waals surface area contributed by atoms with Crippen LogP contribution in [0.5, 0.6) is 0 Å². The van der Waals surface area contributed by atoms with Gasteiger partial charge in [-0.3, -0.25) is 19.1 Å². The molecule has 25 nitrogen and oxygen atoms in total. The second kappa shape index (κ2) is 41.3. The Labute approximate surface area is 776 Å². The van der Waals surface area contributed by atoms with Gasteiger partial charge in [0.15, 0.2) is 0 Å². The van der Waals surface area contributed by atoms with E-state index in [0.29, 0.717) is 59.0 Å². The number of hydrogen-bond donors (Lipinski definition) is 5. The number of hydrogen-bond acceptors (Lipinski definition) is 16. The maximum Gasteiger partial charge on any atom is 0.498 e. The highest BCUT2D eigenvalue weighted by Crippen LogP contribution is 2.44. The Kier molecular flexibility index (Phi) is 31.3. The van der Waals surface area contributed by atoms with Crippen LogP contribution in [0.1, 0.15) is 273 Å². The summed E-state index contributed by atoms with van der Waals surface area (Å²) in [5.41, 5.74) is 10.2. The van der Waals surface area contributed by atoms with Gasteiger partial charge in [-0.2, -0.15) is 20.4 Å². The normalized spacial score (nSPS) is 20.2. The third-order valence-corrected chi connectivity index (χ3v) is 30.2. The molecule has 9 aliphatic rings. The third kappa shape index (κ3) is 24.1. The summed E-state index contributed by atoms with van der Waals surface area (Å²) in [6, 6.07) is 6.55. The molecular formula is C94H132B2Br2Cl3N17O8. The standard InChI is InChI=1S/C26H34ClN5O2.C21H26ClN5.C17H21BrClN3O2.C15H25BN2O2.C9H15BN2O2.C6H11Br/c1-26(2,3)34-25(33)31-10-8-18(9-11-31)22-12-20-23(21(27)14-28-24(20)30-22)19-13-29-32(16-19)15-17-6-4-5-7-17;22-18-11-24-21-17(9-19(26-21)15-5-7-23-8-6-15)20(18)16-10-25-27(13-16)12-14-3-1-2-4-14;1-17(2,3)24-16(23)22-6-4-10(5-7-22)13-8-11-14(18)12(19)9-20-15(11)21-13;1-14(2)15(3,4)20-16(19-14)13-9-17-18(11-13)10-12-7-5-6-8-12;1-8(2)9(3,4)14-10(13-8)7-5-11-12-6-7;7-5-6-3-1-2-4-6/h12-14,16-18H,4-11,15H2,1-3H3,(H,28,30);9-11,13-15,23H,1-8,12H2,(H,24,26);8-10H,4-7H2,1-3H3,(H,20,21);9,11-12H,5-8,10H2,1-4H3;5-6H,1-4H3,(H,11,12);6H,1-5H2. The molecule has 9 fully saturated rings. The van der Waals surface area contributed by atoms with Gasteiger partial charge in [-0.1, -0.05) is 102 Å². The van der Waals surface area contributed by atoms with Crippen molar-refractivity contribution < 1.29 is 37.7 Å². The van der Waals surface area contributed by atoms with Crippen molar-refractivity contribution in [2.45, 2.75) is 309 Å². The van der Waals surface area contributed by atoms with Gasteiger partial charge in [0.05, 0.1) is 49.9 Å². The van der Waals surface area contributed by atoms with Crippen LogP contribution in [0.15, 0.2) is 90.8 Å². The maximum absolute atomic E-state index is 12.4. The molecule has 682 valence electrons. The van der Waals surface area contributed by atoms with Crippen LogP contribution in [-0.2, 0) is 47.7 Å². The number of carbonyl (C=O) groups is 2. The first-order valence-corrected chi connectivity index (χ1v) is 49.2. The number of amides is 2. The molecule has 19 rings (SSSR count). The number of aromatic amines is 4. The molecule has 5 N–H and O–H groups in total. The average Bonchev–Trinajstić information content (AvgIpc) is 1.64. The van der Waals surface area contributed by atoms with Gasteiger partial charge in [0.25, 0.3) is 0 Å². The number of pyridine rings is 3. The number of fused-ring (bicyclic) bond motifs is 3. The quantitative estimate of drug-likeness (QED) is 0.0500. The molecule has 5 aliphatic heterocycles. The van der Waals surface area contributed by atoms with E-state index in [-0.39, 0.29) is 48.8 Å². The Morgan fingerprint density at radius 1 is 0.460 bits per heavy atom. The fourth-order valence-corrected chi connectivity index (χ4v) is 20.4. The maximum atomic E-state index is 12.4. The van der Waals surface area contributed by atoms with E-state index in [9.17, 15) is 9.59 Å². The number of halogens is 5. The zero-order valence-electron chi connectivity index (χ0n) is 76.4. The predicted molar refractivity (Wildman–Crippen MR) is 512 cm³/mol. The number of piperidine rings is 3. The number of alkyl halides is 1. The lowest BCUT2D eigenvalue weighted by Gasteiger charge is -2.33. The molecule has 126 heavy (non-hydrogen) atoms. The zero-order chi connectivity index (χ0) is 89.5. The van der Waals surface area contributed by atoms with Crippen molar-refractivity contribution in [1.29, 1.82) is 0 Å². The highest BCUT2D eigenvalue weighted by Gasteiger charge is 2.53. The van der Waals surface area contributed by atoms with E-state index in [1.54, 1.807) is 35.9 Å². The Morgan fingerprint density at radius 3 is 1.18 bits per heavy atom. The second-order valence-corrected chi connectivity index (χ2v) is 42.9. The van der Waals surface area contributed by atoms with Crippen molar-refractivity contribution in [3.05, 3.63) is 123 Å². The van der Waals surface area contributed by atoms with E-state index < -0.39 is 11.2 Å². The van der Waals surface area contributed by atoms with Gasteiger partial charge >= 0.3 is 26.4 Å². The summed E-state index contributed by atoms with van der Waals surface area (Å²) in [6.45, 7) is 35.8. The Bertz CT molecular complexity index is 5190. The van der Waals surface area contributed by atoms with Gasteiger partial charge in [-0.25, -0.2) is 24.5 Å². The number of likely N-dealkylation sites (tertiary alicyclic amines) is 2. The molecule has 32 heteroatoms. The number of carbonyl (C=O) groups excluding carboxylic acids is 2. The van der Waals surface area contributed by atoms with Crippen LogP contribution < -0.4 is 16.2 Å². The van der Waals surface area contributed by atoms with E-state index in [0.717, 1.165) is 177 Å². The lowest BCUT2D eigenvalue weighted by Crippen LogP contribution is -2.41. The largest absolute Gasteiger partial charge is 0.498 e. The summed E-state index contributed by atoms with van der Waals surface area (Å²) in [6.07, 6.45) is 48.1. The first kappa shape index (κ1) is 95.3. The van der Waals surface area contributed by atoms with Crippen LogP contribution in [0.3, 0.4) is 0 Å². The van der Waals surface area contributed by atoms with Gasteiger partial charge in [0.1, 0.15) is 28.1 Å². The minimum absolute atomic E-state index is 0.228. The van der Waals surface area contributed by atoms with Crippen LogP contribution in [-0.4, -0.2) is 184 Å². The van der Waals surface area contributed by atoms with Gasteiger partial charge in [0, 0.05) is 196 Å². The highest BCUT2D eigenvalue weighted by atomic mass is 79.9. The molecule has 0 aromatic carbocycles. The van der Waals surface area contributed by atoms with E-state index >= 15 is 0 Å². The second-order valence-electron chi connectivity index (χ2n) is 40.2. The average molecular weight is 1920 g/mol. The lowest BCUT2D eigenvalue weighted by molar-refractivity contribution is 0.00578. The fraction of sp³-hybridized carbons (Fsp3) is 0.628. The number of aromatic nitrogens is 14. The van der Waals surface area contributed by atoms with Crippen LogP contribution >= 0.6 is 66.7 Å². The molecule has 0 unspecified atom stereocenters. The topological polar surface area (TPSA) is 276 Å². The van der Waals surface area contributed by atoms with E-state index in [4.69, 9.17) is 62.9 Å². The number of nitrogens with zero attached hydrogens (tertiary/aromatic N) is 12. The van der Waals surface area contributed by atoms with Gasteiger partial charge < -0.3 is 58.2 Å². The van der Waals surface area contributed by atoms with Gasteiger partial charge in [-0.15, -0.1) is 0 Å². The molecule has 5 saturated heterocycles. The minimum Gasteiger partial charge on any atom is -0.444 e. The molecular weight excluding hydrogens is 1780 g/mol. The highest BCUT2D eigenvalue weighted by molar-refractivity contribution is 9.10. The lowest BCUT2D eigenvalue weighted by atomic mass is 9.82. The Morgan fingerprint density at radius 2 is 0.810 bits per heavy atom. The SMILES string of the molecule is BrCC1CCCC1.CC(C)(C)OC(=O)N1CCC(c2cc3c(-c4cnn(CC5CCCC5)c4)c(Cl)cnc3[nH]2)CC1.CC(C)(C)OC(=O)N1CCC(c2cc3c(Br)c(Cl)cnc3[nH]2)CC1.CC1(C)OB(c2cn[nH]c2)OC1(C)C.CC1(C)OB(c2cnn(CC3CCCC3)c2)OC1(C)C.Clc1cnc2[nH]c(C3CCNCC3)cc2c1-c1cnn(CC2CCCC2)c1. The smallest absolute Gasteiger partial charge is 0.444 e. The van der Waals surface area contributed by atoms with Gasteiger partial charge in [-0.05, 0) is 258 Å². The number of H-pyrrole nitrogens is 4. The summed E-state index contributed by atoms with van der Waals surface area (Å²) in [7, 11) is -0.601.